The van der Waals surface area contributed by atoms with Gasteiger partial charge in [0, 0.05) is 25.8 Å². The largest absolute Gasteiger partial charge is 0.384 e. The van der Waals surface area contributed by atoms with Crippen LogP contribution in [0.3, 0.4) is 0 Å². The van der Waals surface area contributed by atoms with E-state index in [9.17, 15) is 0 Å². The Morgan fingerprint density at radius 3 is 2.79 bits per heavy atom. The van der Waals surface area contributed by atoms with Crippen molar-refractivity contribution in [2.24, 2.45) is 5.92 Å². The van der Waals surface area contributed by atoms with Crippen molar-refractivity contribution >= 4 is 23.0 Å². The van der Waals surface area contributed by atoms with Crippen molar-refractivity contribution < 1.29 is 0 Å². The van der Waals surface area contributed by atoms with E-state index in [0.29, 0.717) is 6.04 Å². The molecule has 2 fully saturated rings. The second-order valence-corrected chi connectivity index (χ2v) is 8.39. The fraction of sp³-hybridized carbons (Fsp3) is 0.391. The van der Waals surface area contributed by atoms with Gasteiger partial charge in [0.25, 0.3) is 0 Å². The first-order valence-electron chi connectivity index (χ1n) is 10.5. The molecule has 5 rings (SSSR count). The number of nitrogens with zero attached hydrogens (tertiary/aromatic N) is 4. The number of hydrogen-bond donors (Lipinski definition) is 2. The van der Waals surface area contributed by atoms with Gasteiger partial charge in [-0.15, -0.1) is 0 Å². The van der Waals surface area contributed by atoms with Crippen LogP contribution in [0.2, 0.25) is 0 Å². The standard InChI is InChI=1S/C23H28N6/c1-15-4-9-22(25-12-15)26-17(3)29-19-10-11-28(14-19)21-8-7-20(27-23(21)29)16(2)24-13-18-5-6-18/h4,7-9,12,18-19,24H,2-3,5-6,10-11,13-14H2,1H3,(H,25,26)/t19-/m0/s1. The fourth-order valence-electron chi connectivity index (χ4n) is 4.16. The van der Waals surface area contributed by atoms with Crippen LogP contribution in [0.25, 0.3) is 5.70 Å². The second-order valence-electron chi connectivity index (χ2n) is 8.39. The number of nitrogens with one attached hydrogen (secondary N) is 2. The Hall–Kier alpha value is -3.02. The summed E-state index contributed by atoms with van der Waals surface area (Å²) in [5.41, 5.74) is 4.10. The van der Waals surface area contributed by atoms with E-state index in [1.54, 1.807) is 0 Å². The van der Waals surface area contributed by atoms with Crippen molar-refractivity contribution in [3.05, 3.63) is 60.7 Å². The lowest BCUT2D eigenvalue weighted by Gasteiger charge is -2.38. The van der Waals surface area contributed by atoms with Crippen LogP contribution in [0.1, 0.15) is 30.5 Å². The molecule has 1 saturated carbocycles. The molecule has 29 heavy (non-hydrogen) atoms. The zero-order valence-corrected chi connectivity index (χ0v) is 17.0. The number of aromatic nitrogens is 2. The molecule has 6 heteroatoms. The molecule has 6 nitrogen and oxygen atoms in total. The lowest BCUT2D eigenvalue weighted by atomic mass is 10.1. The average molecular weight is 389 g/mol. The first-order valence-corrected chi connectivity index (χ1v) is 10.5. The topological polar surface area (TPSA) is 56.3 Å². The third kappa shape index (κ3) is 3.55. The van der Waals surface area contributed by atoms with E-state index in [1.165, 1.54) is 12.8 Å². The molecule has 0 amide bonds. The minimum absolute atomic E-state index is 0.364. The molecule has 3 aliphatic rings. The van der Waals surface area contributed by atoms with Gasteiger partial charge in [0.05, 0.1) is 23.1 Å². The van der Waals surface area contributed by atoms with Crippen LogP contribution < -0.4 is 20.4 Å². The predicted molar refractivity (Wildman–Crippen MR) is 119 cm³/mol. The van der Waals surface area contributed by atoms with E-state index in [4.69, 9.17) is 4.98 Å². The van der Waals surface area contributed by atoms with Crippen LogP contribution in [0.15, 0.2) is 49.4 Å². The van der Waals surface area contributed by atoms with Gasteiger partial charge in [0.1, 0.15) is 11.6 Å². The molecule has 1 aliphatic carbocycles. The minimum Gasteiger partial charge on any atom is -0.384 e. The molecule has 2 bridgehead atoms. The zero-order chi connectivity index (χ0) is 20.0. The van der Waals surface area contributed by atoms with Crippen LogP contribution in [0.5, 0.6) is 0 Å². The molecular formula is C23H28N6. The van der Waals surface area contributed by atoms with E-state index in [0.717, 1.165) is 72.1 Å². The maximum Gasteiger partial charge on any atom is 0.158 e. The number of rotatable bonds is 7. The van der Waals surface area contributed by atoms with Crippen molar-refractivity contribution in [1.82, 2.24) is 15.3 Å². The summed E-state index contributed by atoms with van der Waals surface area (Å²) >= 11 is 0. The van der Waals surface area contributed by atoms with Gasteiger partial charge in [-0.3, -0.25) is 0 Å². The summed E-state index contributed by atoms with van der Waals surface area (Å²) in [6.45, 7) is 13.6. The van der Waals surface area contributed by atoms with Crippen molar-refractivity contribution in [2.75, 3.05) is 34.8 Å². The summed E-state index contributed by atoms with van der Waals surface area (Å²) in [4.78, 5) is 14.2. The van der Waals surface area contributed by atoms with Gasteiger partial charge in [-0.25, -0.2) is 9.97 Å². The molecule has 150 valence electrons. The van der Waals surface area contributed by atoms with Crippen LogP contribution in [-0.2, 0) is 0 Å². The zero-order valence-electron chi connectivity index (χ0n) is 17.0. The highest BCUT2D eigenvalue weighted by Gasteiger charge is 2.38. The molecule has 0 aromatic carbocycles. The third-order valence-electron chi connectivity index (χ3n) is 6.04. The maximum atomic E-state index is 5.01. The molecule has 2 N–H and O–H groups in total. The Labute approximate surface area is 172 Å². The van der Waals surface area contributed by atoms with E-state index < -0.39 is 0 Å². The first-order chi connectivity index (χ1) is 14.1. The van der Waals surface area contributed by atoms with E-state index in [1.807, 2.05) is 19.2 Å². The molecule has 1 atom stereocenters. The Morgan fingerprint density at radius 2 is 2.03 bits per heavy atom. The second kappa shape index (κ2) is 7.10. The number of pyridine rings is 2. The van der Waals surface area contributed by atoms with Crippen LogP contribution >= 0.6 is 0 Å². The number of aryl methyl sites for hydroxylation is 1. The molecule has 1 saturated heterocycles. The van der Waals surface area contributed by atoms with Gasteiger partial charge in [-0.1, -0.05) is 19.2 Å². The molecule has 2 aliphatic heterocycles. The molecule has 0 radical (unpaired) electrons. The maximum absolute atomic E-state index is 5.01. The van der Waals surface area contributed by atoms with Crippen LogP contribution in [0, 0.1) is 12.8 Å². The van der Waals surface area contributed by atoms with Gasteiger partial charge in [-0.05, 0) is 55.9 Å². The quantitative estimate of drug-likeness (QED) is 0.754. The molecule has 0 spiro atoms. The minimum atomic E-state index is 0.364. The summed E-state index contributed by atoms with van der Waals surface area (Å²) in [7, 11) is 0. The fourth-order valence-corrected chi connectivity index (χ4v) is 4.16. The van der Waals surface area contributed by atoms with E-state index >= 15 is 0 Å². The normalized spacial score (nSPS) is 19.7. The van der Waals surface area contributed by atoms with Gasteiger partial charge in [0.15, 0.2) is 5.82 Å². The number of fused-ring (bicyclic) bond motifs is 4. The summed E-state index contributed by atoms with van der Waals surface area (Å²) in [6.07, 6.45) is 5.60. The third-order valence-corrected chi connectivity index (χ3v) is 6.04. The molecular weight excluding hydrogens is 360 g/mol. The Kier molecular flexibility index (Phi) is 4.42. The Morgan fingerprint density at radius 1 is 1.17 bits per heavy atom. The van der Waals surface area contributed by atoms with Gasteiger partial charge in [-0.2, -0.15) is 0 Å². The van der Waals surface area contributed by atoms with Crippen molar-refractivity contribution in [1.29, 1.82) is 0 Å². The highest BCUT2D eigenvalue weighted by molar-refractivity contribution is 5.77. The smallest absolute Gasteiger partial charge is 0.158 e. The average Bonchev–Trinajstić information content (AvgIpc) is 3.47. The Bertz CT molecular complexity index is 946. The lowest BCUT2D eigenvalue weighted by molar-refractivity contribution is 0.675. The number of anilines is 3. The summed E-state index contributed by atoms with van der Waals surface area (Å²) < 4.78 is 0. The summed E-state index contributed by atoms with van der Waals surface area (Å²) in [5, 5.41) is 6.84. The first kappa shape index (κ1) is 18.0. The molecule has 4 heterocycles. The molecule has 0 unspecified atom stereocenters. The van der Waals surface area contributed by atoms with Gasteiger partial charge in [0.2, 0.25) is 0 Å². The highest BCUT2D eigenvalue weighted by Crippen LogP contribution is 2.41. The van der Waals surface area contributed by atoms with Gasteiger partial charge >= 0.3 is 0 Å². The van der Waals surface area contributed by atoms with Gasteiger partial charge < -0.3 is 20.4 Å². The Balaban J connectivity index is 1.42. The van der Waals surface area contributed by atoms with E-state index in [2.05, 4.69) is 56.8 Å². The van der Waals surface area contributed by atoms with Crippen molar-refractivity contribution in [3.63, 3.8) is 0 Å². The number of hydrogen-bond acceptors (Lipinski definition) is 6. The molecule has 2 aromatic rings. The summed E-state index contributed by atoms with van der Waals surface area (Å²) in [5.74, 6) is 3.37. The predicted octanol–water partition coefficient (Wildman–Crippen LogP) is 3.74. The van der Waals surface area contributed by atoms with Crippen LogP contribution in [0.4, 0.5) is 17.3 Å². The van der Waals surface area contributed by atoms with Crippen LogP contribution in [-0.4, -0.2) is 35.6 Å². The summed E-state index contributed by atoms with van der Waals surface area (Å²) in [6, 6.07) is 8.65. The highest BCUT2D eigenvalue weighted by atomic mass is 15.4. The SMILES string of the molecule is C=C(NCC1CC1)c1ccc2c(n1)N(C(=C)Nc1ccc(C)cn1)[C@H]1CCN2C1. The van der Waals surface area contributed by atoms with Crippen molar-refractivity contribution in [3.8, 4) is 0 Å². The van der Waals surface area contributed by atoms with E-state index in [-0.39, 0.29) is 0 Å². The monoisotopic (exact) mass is 388 g/mol. The lowest BCUT2D eigenvalue weighted by Crippen LogP contribution is -2.43. The van der Waals surface area contributed by atoms with Crippen molar-refractivity contribution in [2.45, 2.75) is 32.2 Å². The molecule has 2 aromatic heterocycles.